The third-order valence-electron chi connectivity index (χ3n) is 5.20. The van der Waals surface area contributed by atoms with Gasteiger partial charge in [-0.25, -0.2) is 4.52 Å². The predicted molar refractivity (Wildman–Crippen MR) is 125 cm³/mol. The molecular weight excluding hydrogens is 408 g/mol. The standard InChI is InChI=1S/C24H26N4O2S/c1-14(2)18-7-9-19(10-8-18)30-17(5)22(29)25-23-26-24-28(27-23)21(13-31-24)20-11-6-15(3)12-16(20)4/h6-14,17H,1-5H3,(H,25,27,29). The number of nitrogens with zero attached hydrogens (tertiary/aromatic N) is 3. The van der Waals surface area contributed by atoms with Crippen LogP contribution in [0, 0.1) is 13.8 Å². The maximum atomic E-state index is 12.6. The Kier molecular flexibility index (Phi) is 5.78. The lowest BCUT2D eigenvalue weighted by Gasteiger charge is -2.14. The first kappa shape index (κ1) is 21.1. The van der Waals surface area contributed by atoms with Crippen molar-refractivity contribution in [3.8, 4) is 17.0 Å². The summed E-state index contributed by atoms with van der Waals surface area (Å²) in [5.74, 6) is 1.08. The number of rotatable bonds is 6. The number of hydrogen-bond acceptors (Lipinski definition) is 5. The maximum Gasteiger partial charge on any atom is 0.267 e. The van der Waals surface area contributed by atoms with Crippen molar-refractivity contribution < 1.29 is 9.53 Å². The normalized spacial score (nSPS) is 12.3. The molecule has 2 heterocycles. The Labute approximate surface area is 185 Å². The summed E-state index contributed by atoms with van der Waals surface area (Å²) in [5.41, 5.74) is 5.67. The van der Waals surface area contributed by atoms with E-state index in [1.807, 2.05) is 29.6 Å². The summed E-state index contributed by atoms with van der Waals surface area (Å²) >= 11 is 1.49. The molecule has 0 spiro atoms. The molecule has 1 atom stereocenters. The summed E-state index contributed by atoms with van der Waals surface area (Å²) in [4.78, 5) is 17.8. The summed E-state index contributed by atoms with van der Waals surface area (Å²) in [6.45, 7) is 10.1. The van der Waals surface area contributed by atoms with Crippen LogP contribution < -0.4 is 10.1 Å². The van der Waals surface area contributed by atoms with Crippen LogP contribution in [0.3, 0.4) is 0 Å². The fraction of sp³-hybridized carbons (Fsp3) is 0.292. The average molecular weight is 435 g/mol. The van der Waals surface area contributed by atoms with E-state index in [4.69, 9.17) is 4.74 Å². The highest BCUT2D eigenvalue weighted by atomic mass is 32.1. The van der Waals surface area contributed by atoms with Crippen molar-refractivity contribution >= 4 is 28.2 Å². The van der Waals surface area contributed by atoms with E-state index < -0.39 is 6.10 Å². The molecule has 0 saturated heterocycles. The van der Waals surface area contributed by atoms with Crippen LogP contribution in [0.5, 0.6) is 5.75 Å². The highest BCUT2D eigenvalue weighted by Crippen LogP contribution is 2.29. The molecule has 31 heavy (non-hydrogen) atoms. The van der Waals surface area contributed by atoms with E-state index in [-0.39, 0.29) is 11.9 Å². The van der Waals surface area contributed by atoms with Crippen LogP contribution in [0.2, 0.25) is 0 Å². The van der Waals surface area contributed by atoms with Gasteiger partial charge in [0.05, 0.1) is 5.69 Å². The van der Waals surface area contributed by atoms with Gasteiger partial charge >= 0.3 is 0 Å². The van der Waals surface area contributed by atoms with Gasteiger partial charge in [-0.3, -0.25) is 10.1 Å². The van der Waals surface area contributed by atoms with E-state index in [1.54, 1.807) is 11.4 Å². The zero-order valence-corrected chi connectivity index (χ0v) is 19.2. The first-order valence-corrected chi connectivity index (χ1v) is 11.2. The SMILES string of the molecule is Cc1ccc(-c2csc3nc(NC(=O)C(C)Oc4ccc(C(C)C)cc4)nn23)c(C)c1. The van der Waals surface area contributed by atoms with E-state index in [9.17, 15) is 4.79 Å². The number of fused-ring (bicyclic) bond motifs is 1. The number of amides is 1. The molecule has 7 heteroatoms. The van der Waals surface area contributed by atoms with Crippen molar-refractivity contribution in [3.05, 3.63) is 64.5 Å². The Bertz CT molecular complexity index is 1220. The second kappa shape index (κ2) is 8.51. The predicted octanol–water partition coefficient (Wildman–Crippen LogP) is 5.60. The van der Waals surface area contributed by atoms with E-state index in [0.717, 1.165) is 16.2 Å². The van der Waals surface area contributed by atoms with Crippen LogP contribution in [0.4, 0.5) is 5.95 Å². The minimum atomic E-state index is -0.676. The van der Waals surface area contributed by atoms with Gasteiger partial charge in [0.15, 0.2) is 6.10 Å². The van der Waals surface area contributed by atoms with Crippen molar-refractivity contribution in [1.29, 1.82) is 0 Å². The zero-order valence-electron chi connectivity index (χ0n) is 18.3. The molecule has 1 N–H and O–H groups in total. The number of benzene rings is 2. The largest absolute Gasteiger partial charge is 0.481 e. The fourth-order valence-corrected chi connectivity index (χ4v) is 4.24. The first-order valence-electron chi connectivity index (χ1n) is 10.3. The Balaban J connectivity index is 1.48. The molecule has 4 aromatic rings. The van der Waals surface area contributed by atoms with Gasteiger partial charge in [0.2, 0.25) is 4.96 Å². The topological polar surface area (TPSA) is 68.5 Å². The number of carbonyl (C=O) groups is 1. The van der Waals surface area contributed by atoms with E-state index in [1.165, 1.54) is 28.0 Å². The summed E-state index contributed by atoms with van der Waals surface area (Å²) in [7, 11) is 0. The smallest absolute Gasteiger partial charge is 0.267 e. The van der Waals surface area contributed by atoms with Gasteiger partial charge < -0.3 is 4.74 Å². The number of aromatic nitrogens is 3. The van der Waals surface area contributed by atoms with E-state index >= 15 is 0 Å². The van der Waals surface area contributed by atoms with Crippen LogP contribution in [-0.4, -0.2) is 26.6 Å². The third kappa shape index (κ3) is 4.46. The van der Waals surface area contributed by atoms with Crippen LogP contribution in [0.25, 0.3) is 16.2 Å². The van der Waals surface area contributed by atoms with Crippen molar-refractivity contribution in [2.75, 3.05) is 5.32 Å². The Morgan fingerprint density at radius 1 is 1.10 bits per heavy atom. The zero-order chi connectivity index (χ0) is 22.1. The molecule has 0 saturated carbocycles. The van der Waals surface area contributed by atoms with Crippen molar-refractivity contribution in [3.63, 3.8) is 0 Å². The number of aryl methyl sites for hydroxylation is 2. The Morgan fingerprint density at radius 3 is 2.52 bits per heavy atom. The molecule has 0 fully saturated rings. The van der Waals surface area contributed by atoms with Crippen molar-refractivity contribution in [2.45, 2.75) is 46.6 Å². The molecule has 4 rings (SSSR count). The first-order chi connectivity index (χ1) is 14.8. The molecule has 0 aliphatic carbocycles. The second-order valence-electron chi connectivity index (χ2n) is 8.04. The summed E-state index contributed by atoms with van der Waals surface area (Å²) in [6, 6.07) is 14.1. The number of hydrogen-bond donors (Lipinski definition) is 1. The lowest BCUT2D eigenvalue weighted by molar-refractivity contribution is -0.122. The molecule has 2 aromatic carbocycles. The molecule has 2 aromatic heterocycles. The monoisotopic (exact) mass is 434 g/mol. The van der Waals surface area contributed by atoms with Crippen molar-refractivity contribution in [1.82, 2.24) is 14.6 Å². The van der Waals surface area contributed by atoms with Crippen LogP contribution in [0.1, 0.15) is 43.4 Å². The quantitative estimate of drug-likeness (QED) is 0.429. The van der Waals surface area contributed by atoms with Gasteiger partial charge in [-0.05, 0) is 49.9 Å². The summed E-state index contributed by atoms with van der Waals surface area (Å²) < 4.78 is 7.56. The summed E-state index contributed by atoms with van der Waals surface area (Å²) in [6.07, 6.45) is -0.676. The average Bonchev–Trinajstić information content (AvgIpc) is 3.29. The van der Waals surface area contributed by atoms with Gasteiger partial charge in [-0.15, -0.1) is 16.4 Å². The Hall–Kier alpha value is -3.19. The minimum absolute atomic E-state index is 0.272. The number of anilines is 1. The molecule has 0 radical (unpaired) electrons. The second-order valence-corrected chi connectivity index (χ2v) is 8.88. The highest BCUT2D eigenvalue weighted by Gasteiger charge is 2.19. The number of ether oxygens (including phenoxy) is 1. The van der Waals surface area contributed by atoms with Crippen LogP contribution in [0.15, 0.2) is 47.8 Å². The van der Waals surface area contributed by atoms with E-state index in [2.05, 4.69) is 61.3 Å². The number of carbonyl (C=O) groups excluding carboxylic acids is 1. The minimum Gasteiger partial charge on any atom is -0.481 e. The fourth-order valence-electron chi connectivity index (χ4n) is 3.42. The van der Waals surface area contributed by atoms with Gasteiger partial charge in [0, 0.05) is 10.9 Å². The molecule has 1 amide bonds. The lowest BCUT2D eigenvalue weighted by atomic mass is 10.0. The molecule has 160 valence electrons. The number of nitrogens with one attached hydrogen (secondary N) is 1. The van der Waals surface area contributed by atoms with Crippen molar-refractivity contribution in [2.24, 2.45) is 0 Å². The molecular formula is C24H26N4O2S. The van der Waals surface area contributed by atoms with Gasteiger partial charge in [-0.1, -0.05) is 49.7 Å². The Morgan fingerprint density at radius 2 is 1.84 bits per heavy atom. The molecule has 0 aliphatic rings. The lowest BCUT2D eigenvalue weighted by Crippen LogP contribution is -2.30. The number of thiazole rings is 1. The molecule has 0 bridgehead atoms. The van der Waals surface area contributed by atoms with Gasteiger partial charge in [-0.2, -0.15) is 4.98 Å². The molecule has 6 nitrogen and oxygen atoms in total. The maximum absolute atomic E-state index is 12.6. The highest BCUT2D eigenvalue weighted by molar-refractivity contribution is 7.15. The summed E-state index contributed by atoms with van der Waals surface area (Å²) in [5, 5.41) is 9.30. The van der Waals surface area contributed by atoms with Crippen LogP contribution >= 0.6 is 11.3 Å². The van der Waals surface area contributed by atoms with E-state index in [0.29, 0.717) is 11.7 Å². The third-order valence-corrected chi connectivity index (χ3v) is 6.02. The molecule has 1 unspecified atom stereocenters. The molecule has 0 aliphatic heterocycles. The van der Waals surface area contributed by atoms with Gasteiger partial charge in [0.1, 0.15) is 5.75 Å². The van der Waals surface area contributed by atoms with Crippen LogP contribution in [-0.2, 0) is 4.79 Å². The van der Waals surface area contributed by atoms with Gasteiger partial charge in [0.25, 0.3) is 11.9 Å².